The largest absolute Gasteiger partial charge is 0.496 e. The number of nitrogens with one attached hydrogen (secondary N) is 1. The molecule has 0 fully saturated rings. The summed E-state index contributed by atoms with van der Waals surface area (Å²) in [5.74, 6) is 0.907. The lowest BCUT2D eigenvalue weighted by molar-refractivity contribution is 0.411. The first kappa shape index (κ1) is 15.6. The zero-order valence-corrected chi connectivity index (χ0v) is 14.6. The first-order chi connectivity index (χ1) is 9.56. The van der Waals surface area contributed by atoms with Crippen LogP contribution in [0.4, 0.5) is 0 Å². The van der Waals surface area contributed by atoms with Gasteiger partial charge in [-0.25, -0.2) is 0 Å². The van der Waals surface area contributed by atoms with Gasteiger partial charge in [-0.2, -0.15) is 0 Å². The van der Waals surface area contributed by atoms with E-state index in [2.05, 4.69) is 53.0 Å². The van der Waals surface area contributed by atoms with Gasteiger partial charge in [0.15, 0.2) is 0 Å². The molecule has 106 valence electrons. The first-order valence-corrected chi connectivity index (χ1v) is 7.79. The molecule has 1 atom stereocenters. The van der Waals surface area contributed by atoms with Crippen LogP contribution in [0.3, 0.4) is 0 Å². The Morgan fingerprint density at radius 2 is 1.80 bits per heavy atom. The van der Waals surface area contributed by atoms with E-state index < -0.39 is 0 Å². The summed E-state index contributed by atoms with van der Waals surface area (Å²) in [6, 6.07) is 12.5. The second kappa shape index (κ2) is 6.78. The zero-order valence-electron chi connectivity index (χ0n) is 11.7. The lowest BCUT2D eigenvalue weighted by Crippen LogP contribution is -2.17. The van der Waals surface area contributed by atoms with Crippen LogP contribution in [-0.2, 0) is 0 Å². The van der Waals surface area contributed by atoms with Crippen molar-refractivity contribution in [2.75, 3.05) is 14.2 Å². The summed E-state index contributed by atoms with van der Waals surface area (Å²) >= 11 is 8.46. The molecular weight excluding hydrogens is 385 g/mol. The van der Waals surface area contributed by atoms with Gasteiger partial charge in [0.25, 0.3) is 0 Å². The van der Waals surface area contributed by atoms with Gasteiger partial charge in [0.05, 0.1) is 18.2 Å². The number of methoxy groups -OCH3 is 1. The van der Waals surface area contributed by atoms with E-state index in [0.29, 0.717) is 0 Å². The monoisotopic (exact) mass is 401 g/mol. The van der Waals surface area contributed by atoms with Crippen LogP contribution < -0.4 is 10.1 Å². The summed E-state index contributed by atoms with van der Waals surface area (Å²) in [7, 11) is 3.65. The van der Waals surface area contributed by atoms with E-state index in [0.717, 1.165) is 25.5 Å². The Morgan fingerprint density at radius 1 is 1.15 bits per heavy atom. The molecule has 0 aromatic heterocycles. The standard InChI is InChI=1S/C16H17ClINO/c1-10-8-11(5-7-15(10)20-3)16(19-2)12-4-6-14(18)13(17)9-12/h4-9,16,19H,1-3H3. The molecule has 0 aliphatic heterocycles. The Bertz CT molecular complexity index is 615. The molecule has 0 saturated heterocycles. The summed E-state index contributed by atoms with van der Waals surface area (Å²) in [4.78, 5) is 0. The van der Waals surface area contributed by atoms with Gasteiger partial charge in [-0.15, -0.1) is 0 Å². The molecule has 20 heavy (non-hydrogen) atoms. The van der Waals surface area contributed by atoms with Gasteiger partial charge < -0.3 is 10.1 Å². The minimum atomic E-state index is 0.120. The smallest absolute Gasteiger partial charge is 0.121 e. The molecule has 0 saturated carbocycles. The lowest BCUT2D eigenvalue weighted by atomic mass is 9.97. The second-order valence-corrected chi connectivity index (χ2v) is 6.19. The highest BCUT2D eigenvalue weighted by atomic mass is 127. The number of halogens is 2. The minimum absolute atomic E-state index is 0.120. The van der Waals surface area contributed by atoms with E-state index in [1.807, 2.05) is 25.2 Å². The van der Waals surface area contributed by atoms with Crippen LogP contribution in [-0.4, -0.2) is 14.2 Å². The van der Waals surface area contributed by atoms with Crippen molar-refractivity contribution in [3.63, 3.8) is 0 Å². The number of ether oxygens (including phenoxy) is 1. The second-order valence-electron chi connectivity index (χ2n) is 4.62. The topological polar surface area (TPSA) is 21.3 Å². The van der Waals surface area contributed by atoms with Crippen molar-refractivity contribution in [1.29, 1.82) is 0 Å². The van der Waals surface area contributed by atoms with Gasteiger partial charge in [-0.05, 0) is 71.5 Å². The Hall–Kier alpha value is -0.780. The maximum absolute atomic E-state index is 6.23. The van der Waals surface area contributed by atoms with Crippen molar-refractivity contribution in [1.82, 2.24) is 5.32 Å². The highest BCUT2D eigenvalue weighted by Gasteiger charge is 2.14. The van der Waals surface area contributed by atoms with Crippen LogP contribution in [0, 0.1) is 10.5 Å². The molecular formula is C16H17ClINO. The molecule has 2 rings (SSSR count). The molecule has 2 aromatic carbocycles. The fraction of sp³-hybridized carbons (Fsp3) is 0.250. The summed E-state index contributed by atoms with van der Waals surface area (Å²) in [6.45, 7) is 2.05. The van der Waals surface area contributed by atoms with E-state index in [1.165, 1.54) is 5.56 Å². The van der Waals surface area contributed by atoms with Crippen LogP contribution in [0.25, 0.3) is 0 Å². The lowest BCUT2D eigenvalue weighted by Gasteiger charge is -2.19. The predicted octanol–water partition coefficient (Wildman–Crippen LogP) is 4.57. The molecule has 1 N–H and O–H groups in total. The average Bonchev–Trinajstić information content (AvgIpc) is 2.44. The van der Waals surface area contributed by atoms with Crippen molar-refractivity contribution in [3.8, 4) is 5.75 Å². The van der Waals surface area contributed by atoms with E-state index >= 15 is 0 Å². The van der Waals surface area contributed by atoms with Gasteiger partial charge in [0.2, 0.25) is 0 Å². The van der Waals surface area contributed by atoms with Gasteiger partial charge in [-0.1, -0.05) is 29.8 Å². The third-order valence-corrected chi connectivity index (χ3v) is 4.89. The van der Waals surface area contributed by atoms with Crippen molar-refractivity contribution in [3.05, 3.63) is 61.7 Å². The molecule has 0 aliphatic rings. The number of aryl methyl sites for hydroxylation is 1. The van der Waals surface area contributed by atoms with E-state index in [9.17, 15) is 0 Å². The number of benzene rings is 2. The van der Waals surface area contributed by atoms with Gasteiger partial charge in [0.1, 0.15) is 5.75 Å². The van der Waals surface area contributed by atoms with Crippen molar-refractivity contribution in [2.24, 2.45) is 0 Å². The van der Waals surface area contributed by atoms with Crippen molar-refractivity contribution < 1.29 is 4.74 Å². The molecule has 0 amide bonds. The van der Waals surface area contributed by atoms with E-state index in [-0.39, 0.29) is 6.04 Å². The van der Waals surface area contributed by atoms with Gasteiger partial charge in [0, 0.05) is 3.57 Å². The molecule has 0 aliphatic carbocycles. The Kier molecular flexibility index (Phi) is 5.29. The van der Waals surface area contributed by atoms with Gasteiger partial charge in [-0.3, -0.25) is 0 Å². The first-order valence-electron chi connectivity index (χ1n) is 6.33. The van der Waals surface area contributed by atoms with Gasteiger partial charge >= 0.3 is 0 Å². The minimum Gasteiger partial charge on any atom is -0.496 e. The number of hydrogen-bond acceptors (Lipinski definition) is 2. The number of rotatable bonds is 4. The SMILES string of the molecule is CNC(c1ccc(OC)c(C)c1)c1ccc(I)c(Cl)c1. The molecule has 2 nitrogen and oxygen atoms in total. The predicted molar refractivity (Wildman–Crippen MR) is 92.8 cm³/mol. The summed E-state index contributed by atoms with van der Waals surface area (Å²) in [5, 5.41) is 4.13. The molecule has 1 unspecified atom stereocenters. The quantitative estimate of drug-likeness (QED) is 0.758. The van der Waals surface area contributed by atoms with E-state index in [1.54, 1.807) is 7.11 Å². The van der Waals surface area contributed by atoms with Crippen LogP contribution in [0.1, 0.15) is 22.7 Å². The highest BCUT2D eigenvalue weighted by Crippen LogP contribution is 2.29. The Balaban J connectivity index is 2.41. The van der Waals surface area contributed by atoms with Crippen molar-refractivity contribution >= 4 is 34.2 Å². The van der Waals surface area contributed by atoms with Crippen molar-refractivity contribution in [2.45, 2.75) is 13.0 Å². The third kappa shape index (κ3) is 3.27. The Labute approximate surface area is 138 Å². The molecule has 0 spiro atoms. The normalized spacial score (nSPS) is 12.2. The summed E-state index contributed by atoms with van der Waals surface area (Å²) in [5.41, 5.74) is 3.48. The molecule has 0 bridgehead atoms. The Morgan fingerprint density at radius 3 is 2.35 bits per heavy atom. The fourth-order valence-corrected chi connectivity index (χ4v) is 2.82. The summed E-state index contributed by atoms with van der Waals surface area (Å²) < 4.78 is 6.38. The fourth-order valence-electron chi connectivity index (χ4n) is 2.30. The maximum atomic E-state index is 6.23. The average molecular weight is 402 g/mol. The third-order valence-electron chi connectivity index (χ3n) is 3.32. The highest BCUT2D eigenvalue weighted by molar-refractivity contribution is 14.1. The molecule has 0 heterocycles. The number of hydrogen-bond donors (Lipinski definition) is 1. The van der Waals surface area contributed by atoms with Crippen LogP contribution in [0.5, 0.6) is 5.75 Å². The van der Waals surface area contributed by atoms with Crippen LogP contribution in [0.15, 0.2) is 36.4 Å². The zero-order chi connectivity index (χ0) is 14.7. The molecule has 0 radical (unpaired) electrons. The molecule has 2 aromatic rings. The summed E-state index contributed by atoms with van der Waals surface area (Å²) in [6.07, 6.45) is 0. The van der Waals surface area contributed by atoms with E-state index in [4.69, 9.17) is 16.3 Å². The maximum Gasteiger partial charge on any atom is 0.121 e. The van der Waals surface area contributed by atoms with Crippen LogP contribution in [0.2, 0.25) is 5.02 Å². The van der Waals surface area contributed by atoms with Crippen LogP contribution >= 0.6 is 34.2 Å². The molecule has 4 heteroatoms.